The summed E-state index contributed by atoms with van der Waals surface area (Å²) in [6.45, 7) is 4.26. The number of hydrogen-bond donors (Lipinski definition) is 2. The van der Waals surface area contributed by atoms with Crippen molar-refractivity contribution in [2.24, 2.45) is 0 Å². The maximum absolute atomic E-state index is 13.2. The van der Waals surface area contributed by atoms with E-state index >= 15 is 0 Å². The molecule has 0 bridgehead atoms. The van der Waals surface area contributed by atoms with E-state index in [0.29, 0.717) is 34.9 Å². The number of para-hydroxylation sites is 1. The Morgan fingerprint density at radius 3 is 2.53 bits per heavy atom. The molecule has 3 aromatic carbocycles. The number of hydrogen-bond acceptors (Lipinski definition) is 6. The maximum atomic E-state index is 13.2. The predicted octanol–water partition coefficient (Wildman–Crippen LogP) is 4.37. The zero-order valence-corrected chi connectivity index (χ0v) is 19.9. The summed E-state index contributed by atoms with van der Waals surface area (Å²) < 4.78 is 24.9. The van der Waals surface area contributed by atoms with Gasteiger partial charge in [-0.15, -0.1) is 0 Å². The van der Waals surface area contributed by atoms with Crippen LogP contribution in [-0.4, -0.2) is 29.5 Å². The summed E-state index contributed by atoms with van der Waals surface area (Å²) >= 11 is 0. The molecule has 3 aromatic rings. The topological polar surface area (TPSA) is 103 Å². The fourth-order valence-electron chi connectivity index (χ4n) is 5.41. The van der Waals surface area contributed by atoms with Gasteiger partial charge in [-0.25, -0.2) is 4.39 Å². The molecule has 1 amide bonds. The van der Waals surface area contributed by atoms with Gasteiger partial charge in [0.2, 0.25) is 0 Å². The van der Waals surface area contributed by atoms with Crippen LogP contribution in [0.3, 0.4) is 0 Å². The second kappa shape index (κ2) is 9.23. The highest BCUT2D eigenvalue weighted by molar-refractivity contribution is 6.07. The van der Waals surface area contributed by atoms with Gasteiger partial charge in [0, 0.05) is 22.2 Å². The van der Waals surface area contributed by atoms with Crippen LogP contribution in [-0.2, 0) is 16.9 Å². The average molecular weight is 492 g/mol. The first-order valence-electron chi connectivity index (χ1n) is 11.8. The Balaban J connectivity index is 1.50. The molecule has 1 spiro atoms. The van der Waals surface area contributed by atoms with E-state index < -0.39 is 23.4 Å². The van der Waals surface area contributed by atoms with Gasteiger partial charge in [-0.3, -0.25) is 20.2 Å². The number of nitrogens with zero attached hydrogens (tertiary/aromatic N) is 1. The molecular formula is C27H26FN3O5. The number of halogens is 1. The monoisotopic (exact) mass is 491 g/mol. The van der Waals surface area contributed by atoms with Crippen LogP contribution in [0.5, 0.6) is 11.5 Å². The summed E-state index contributed by atoms with van der Waals surface area (Å²) in [6.07, 6.45) is 0. The lowest BCUT2D eigenvalue weighted by Crippen LogP contribution is -2.54. The molecular weight excluding hydrogens is 465 g/mol. The summed E-state index contributed by atoms with van der Waals surface area (Å²) in [5.41, 5.74) is 1.14. The molecule has 8 nitrogen and oxygen atoms in total. The second-order valence-electron chi connectivity index (χ2n) is 9.05. The van der Waals surface area contributed by atoms with Gasteiger partial charge in [0.05, 0.1) is 12.5 Å². The van der Waals surface area contributed by atoms with Crippen molar-refractivity contribution in [2.75, 3.05) is 11.9 Å². The van der Waals surface area contributed by atoms with E-state index in [1.54, 1.807) is 54.6 Å². The first-order chi connectivity index (χ1) is 17.3. The van der Waals surface area contributed by atoms with Gasteiger partial charge >= 0.3 is 0 Å². The summed E-state index contributed by atoms with van der Waals surface area (Å²) in [5.74, 6) is -0.441. The third-order valence-electron chi connectivity index (χ3n) is 6.92. The molecule has 0 aromatic heterocycles. The molecule has 0 saturated carbocycles. The highest BCUT2D eigenvalue weighted by Crippen LogP contribution is 2.50. The van der Waals surface area contributed by atoms with Crippen LogP contribution < -0.4 is 20.1 Å². The molecule has 2 heterocycles. The molecule has 1 saturated heterocycles. The summed E-state index contributed by atoms with van der Waals surface area (Å²) in [7, 11) is 0. The third-order valence-corrected chi connectivity index (χ3v) is 6.92. The van der Waals surface area contributed by atoms with E-state index in [1.165, 1.54) is 12.1 Å². The van der Waals surface area contributed by atoms with Crippen molar-refractivity contribution < 1.29 is 23.6 Å². The van der Waals surface area contributed by atoms with Crippen molar-refractivity contribution in [1.82, 2.24) is 5.32 Å². The van der Waals surface area contributed by atoms with Gasteiger partial charge in [0.1, 0.15) is 12.4 Å². The molecule has 0 radical (unpaired) electrons. The van der Waals surface area contributed by atoms with E-state index in [2.05, 4.69) is 10.6 Å². The number of benzene rings is 3. The molecule has 9 heteroatoms. The lowest BCUT2D eigenvalue weighted by molar-refractivity contribution is -0.532. The van der Waals surface area contributed by atoms with Crippen LogP contribution in [0.1, 0.15) is 36.5 Å². The summed E-state index contributed by atoms with van der Waals surface area (Å²) in [4.78, 5) is 25.4. The molecule has 0 aliphatic carbocycles. The van der Waals surface area contributed by atoms with Gasteiger partial charge in [-0.05, 0) is 55.3 Å². The van der Waals surface area contributed by atoms with Crippen molar-refractivity contribution in [3.05, 3.63) is 99.4 Å². The number of fused-ring (bicyclic) bond motifs is 2. The molecule has 2 aliphatic heterocycles. The quantitative estimate of drug-likeness (QED) is 0.376. The smallest absolute Gasteiger partial charge is 0.256 e. The van der Waals surface area contributed by atoms with Crippen molar-refractivity contribution in [2.45, 2.75) is 44.0 Å². The highest BCUT2D eigenvalue weighted by atomic mass is 19.1. The Hall–Kier alpha value is -3.98. The number of nitro groups is 1. The number of rotatable bonds is 7. The number of amides is 1. The Morgan fingerprint density at radius 1 is 1.06 bits per heavy atom. The maximum Gasteiger partial charge on any atom is 0.256 e. The Labute approximate surface area is 207 Å². The van der Waals surface area contributed by atoms with E-state index in [4.69, 9.17) is 9.47 Å². The van der Waals surface area contributed by atoms with Crippen LogP contribution in [0.25, 0.3) is 0 Å². The highest BCUT2D eigenvalue weighted by Gasteiger charge is 2.67. The molecule has 5 rings (SSSR count). The number of nitrogens with one attached hydrogen (secondary N) is 2. The number of anilines is 1. The second-order valence-corrected chi connectivity index (χ2v) is 9.05. The Bertz CT molecular complexity index is 1320. The van der Waals surface area contributed by atoms with E-state index in [1.807, 2.05) is 13.8 Å². The fourth-order valence-corrected chi connectivity index (χ4v) is 5.41. The first kappa shape index (κ1) is 23.7. The average Bonchev–Trinajstić information content (AvgIpc) is 3.33. The number of carbonyl (C=O) groups excluding carboxylic acids is 1. The lowest BCUT2D eigenvalue weighted by Gasteiger charge is -2.25. The molecule has 1 fully saturated rings. The normalized spacial score (nSPS) is 24.4. The van der Waals surface area contributed by atoms with Crippen molar-refractivity contribution in [3.63, 3.8) is 0 Å². The number of ether oxygens (including phenoxy) is 2. The summed E-state index contributed by atoms with van der Waals surface area (Å²) in [5, 5.41) is 18.6. The van der Waals surface area contributed by atoms with Crippen LogP contribution >= 0.6 is 0 Å². The van der Waals surface area contributed by atoms with Crippen LogP contribution in [0, 0.1) is 15.9 Å². The SMILES string of the molecule is CCOc1cc([C@@H]2[C@H](C)N[C@]3(C(=O)Nc4ccccc43)[C@@H]2[N+](=O)[O-])ccc1OCc1ccc(F)cc1. The molecule has 4 atom stereocenters. The van der Waals surface area contributed by atoms with E-state index in [-0.39, 0.29) is 23.4 Å². The Kier molecular flexibility index (Phi) is 6.09. The van der Waals surface area contributed by atoms with Crippen LogP contribution in [0.2, 0.25) is 0 Å². The van der Waals surface area contributed by atoms with Crippen molar-refractivity contribution in [3.8, 4) is 11.5 Å². The van der Waals surface area contributed by atoms with Gasteiger partial charge in [-0.1, -0.05) is 36.4 Å². The minimum atomic E-state index is -1.48. The standard InChI is InChI=1S/C27H26FN3O5/c1-3-35-23-14-18(10-13-22(23)36-15-17-8-11-19(28)12-9-17)24-16(2)30-27(25(24)31(33)34)20-6-4-5-7-21(20)29-26(27)32/h4-14,16,24-25,30H,3,15H2,1-2H3,(H,29,32)/t16-,24-,25+,27-/m0/s1. The third kappa shape index (κ3) is 3.85. The minimum absolute atomic E-state index is 0.207. The lowest BCUT2D eigenvalue weighted by atomic mass is 9.78. The zero-order chi connectivity index (χ0) is 25.4. The molecule has 36 heavy (non-hydrogen) atoms. The van der Waals surface area contributed by atoms with E-state index in [0.717, 1.165) is 5.56 Å². The zero-order valence-electron chi connectivity index (χ0n) is 19.9. The van der Waals surface area contributed by atoms with E-state index in [9.17, 15) is 19.3 Å². The fraction of sp³-hybridized carbons (Fsp3) is 0.296. The largest absolute Gasteiger partial charge is 0.490 e. The van der Waals surface area contributed by atoms with Crippen molar-refractivity contribution >= 4 is 11.6 Å². The molecule has 2 aliphatic rings. The molecule has 2 N–H and O–H groups in total. The summed E-state index contributed by atoms with van der Waals surface area (Å²) in [6, 6.07) is 16.7. The molecule has 186 valence electrons. The number of carbonyl (C=O) groups is 1. The van der Waals surface area contributed by atoms with Crippen LogP contribution in [0.4, 0.5) is 10.1 Å². The van der Waals surface area contributed by atoms with Gasteiger partial charge < -0.3 is 14.8 Å². The minimum Gasteiger partial charge on any atom is -0.490 e. The van der Waals surface area contributed by atoms with Gasteiger partial charge in [-0.2, -0.15) is 0 Å². The van der Waals surface area contributed by atoms with Gasteiger partial charge in [0.15, 0.2) is 17.0 Å². The predicted molar refractivity (Wildman–Crippen MR) is 131 cm³/mol. The Morgan fingerprint density at radius 2 is 1.81 bits per heavy atom. The van der Waals surface area contributed by atoms with Crippen LogP contribution in [0.15, 0.2) is 66.7 Å². The first-order valence-corrected chi connectivity index (χ1v) is 11.8. The molecule has 0 unspecified atom stereocenters. The van der Waals surface area contributed by atoms with Crippen molar-refractivity contribution in [1.29, 1.82) is 0 Å². The van der Waals surface area contributed by atoms with Gasteiger partial charge in [0.25, 0.3) is 11.9 Å².